The number of hydrogen-bond acceptors (Lipinski definition) is 6. The summed E-state index contributed by atoms with van der Waals surface area (Å²) in [6, 6.07) is 1.56. The second kappa shape index (κ2) is 4.70. The topological polar surface area (TPSA) is 89.2 Å². The third kappa shape index (κ3) is 2.73. The molecule has 0 aliphatic carbocycles. The Labute approximate surface area is 103 Å². The van der Waals surface area contributed by atoms with Crippen LogP contribution in [0.25, 0.3) is 0 Å². The predicted octanol–water partition coefficient (Wildman–Crippen LogP) is 0.444. The number of thioether (sulfide) groups is 1. The maximum absolute atomic E-state index is 11.8. The van der Waals surface area contributed by atoms with Crippen molar-refractivity contribution in [3.63, 3.8) is 0 Å². The third-order valence-electron chi connectivity index (χ3n) is 2.33. The van der Waals surface area contributed by atoms with Gasteiger partial charge in [0.2, 0.25) is 11.9 Å². The number of nitrogens with zero attached hydrogens (tertiary/aromatic N) is 3. The molecule has 1 aromatic rings. The standard InChI is InChI=1S/C10H12N4O2S/c1-6(15)17-7-4-9(16)14(5-7)10-12-3-2-8(11)13-10/h2-3,7H,4-5H2,1H3,(H2,11,12,13). The van der Waals surface area contributed by atoms with Gasteiger partial charge in [0.25, 0.3) is 0 Å². The van der Waals surface area contributed by atoms with E-state index in [1.165, 1.54) is 29.8 Å². The number of carbonyl (C=O) groups is 2. The second-order valence-corrected chi connectivity index (χ2v) is 5.20. The quantitative estimate of drug-likeness (QED) is 0.821. The minimum Gasteiger partial charge on any atom is -0.384 e. The van der Waals surface area contributed by atoms with E-state index in [9.17, 15) is 9.59 Å². The maximum Gasteiger partial charge on any atom is 0.234 e. The molecule has 2 rings (SSSR count). The van der Waals surface area contributed by atoms with Crippen molar-refractivity contribution < 1.29 is 9.59 Å². The molecule has 1 amide bonds. The Hall–Kier alpha value is -1.63. The van der Waals surface area contributed by atoms with Crippen LogP contribution in [-0.2, 0) is 9.59 Å². The molecule has 6 nitrogen and oxygen atoms in total. The Balaban J connectivity index is 2.13. The second-order valence-electron chi connectivity index (χ2n) is 3.72. The lowest BCUT2D eigenvalue weighted by Gasteiger charge is -2.13. The first-order valence-corrected chi connectivity index (χ1v) is 6.00. The Kier molecular flexibility index (Phi) is 3.28. The van der Waals surface area contributed by atoms with Crippen LogP contribution < -0.4 is 10.6 Å². The normalized spacial score (nSPS) is 19.7. The van der Waals surface area contributed by atoms with Crippen LogP contribution in [0.1, 0.15) is 13.3 Å². The van der Waals surface area contributed by atoms with Gasteiger partial charge in [-0.3, -0.25) is 14.5 Å². The number of hydrogen-bond donors (Lipinski definition) is 1. The van der Waals surface area contributed by atoms with Gasteiger partial charge in [0.05, 0.1) is 0 Å². The molecule has 1 fully saturated rings. The van der Waals surface area contributed by atoms with Gasteiger partial charge in [-0.05, 0) is 6.07 Å². The Morgan fingerprint density at radius 1 is 1.65 bits per heavy atom. The monoisotopic (exact) mass is 252 g/mol. The molecule has 17 heavy (non-hydrogen) atoms. The summed E-state index contributed by atoms with van der Waals surface area (Å²) in [6.07, 6.45) is 1.85. The molecule has 1 aliphatic rings. The molecule has 90 valence electrons. The zero-order valence-corrected chi connectivity index (χ0v) is 10.1. The summed E-state index contributed by atoms with van der Waals surface area (Å²) in [4.78, 5) is 32.2. The Morgan fingerprint density at radius 3 is 3.06 bits per heavy atom. The fourth-order valence-corrected chi connectivity index (χ4v) is 2.59. The molecule has 0 spiro atoms. The molecule has 0 aromatic carbocycles. The average Bonchev–Trinajstić information content (AvgIpc) is 2.58. The van der Waals surface area contributed by atoms with E-state index >= 15 is 0 Å². The minimum absolute atomic E-state index is 0.0122. The van der Waals surface area contributed by atoms with Crippen LogP contribution in [0.2, 0.25) is 0 Å². The summed E-state index contributed by atoms with van der Waals surface area (Å²) in [5.41, 5.74) is 5.54. The average molecular weight is 252 g/mol. The minimum atomic E-state index is -0.0747. The molecular formula is C10H12N4O2S. The molecule has 1 aliphatic heterocycles. The lowest BCUT2D eigenvalue weighted by atomic mass is 10.4. The largest absolute Gasteiger partial charge is 0.384 e. The van der Waals surface area contributed by atoms with Gasteiger partial charge in [-0.2, -0.15) is 4.98 Å². The van der Waals surface area contributed by atoms with Gasteiger partial charge in [-0.25, -0.2) is 4.98 Å². The van der Waals surface area contributed by atoms with E-state index in [0.717, 1.165) is 0 Å². The molecule has 1 atom stereocenters. The van der Waals surface area contributed by atoms with Crippen molar-refractivity contribution in [1.29, 1.82) is 0 Å². The van der Waals surface area contributed by atoms with Crippen molar-refractivity contribution in [3.8, 4) is 0 Å². The molecule has 1 aromatic heterocycles. The smallest absolute Gasteiger partial charge is 0.234 e. The maximum atomic E-state index is 11.8. The summed E-state index contributed by atoms with van der Waals surface area (Å²) in [7, 11) is 0. The van der Waals surface area contributed by atoms with Crippen molar-refractivity contribution in [2.45, 2.75) is 18.6 Å². The zero-order chi connectivity index (χ0) is 12.4. The zero-order valence-electron chi connectivity index (χ0n) is 9.29. The van der Waals surface area contributed by atoms with Gasteiger partial charge >= 0.3 is 0 Å². The number of rotatable bonds is 2. The summed E-state index contributed by atoms with van der Waals surface area (Å²) >= 11 is 1.18. The summed E-state index contributed by atoms with van der Waals surface area (Å²) in [6.45, 7) is 1.95. The van der Waals surface area contributed by atoms with E-state index in [4.69, 9.17) is 5.73 Å². The van der Waals surface area contributed by atoms with E-state index in [2.05, 4.69) is 9.97 Å². The third-order valence-corrected chi connectivity index (χ3v) is 3.31. The van der Waals surface area contributed by atoms with E-state index in [1.54, 1.807) is 6.07 Å². The molecular weight excluding hydrogens is 240 g/mol. The van der Waals surface area contributed by atoms with E-state index in [1.807, 2.05) is 0 Å². The number of nitrogens with two attached hydrogens (primary N) is 1. The molecule has 0 bridgehead atoms. The Morgan fingerprint density at radius 2 is 2.41 bits per heavy atom. The Bertz CT molecular complexity index is 465. The highest BCUT2D eigenvalue weighted by atomic mass is 32.2. The van der Waals surface area contributed by atoms with Gasteiger partial charge in [0.15, 0.2) is 5.12 Å². The van der Waals surface area contributed by atoms with E-state index in [-0.39, 0.29) is 16.3 Å². The van der Waals surface area contributed by atoms with Gasteiger partial charge in [0.1, 0.15) is 5.82 Å². The molecule has 1 unspecified atom stereocenters. The van der Waals surface area contributed by atoms with Crippen LogP contribution in [-0.4, -0.2) is 32.8 Å². The van der Waals surface area contributed by atoms with Crippen LogP contribution >= 0.6 is 11.8 Å². The molecule has 7 heteroatoms. The fraction of sp³-hybridized carbons (Fsp3) is 0.400. The van der Waals surface area contributed by atoms with Gasteiger partial charge in [0, 0.05) is 31.3 Å². The van der Waals surface area contributed by atoms with Gasteiger partial charge in [-0.15, -0.1) is 0 Å². The van der Waals surface area contributed by atoms with Crippen molar-refractivity contribution >= 4 is 34.6 Å². The van der Waals surface area contributed by atoms with Gasteiger partial charge in [-0.1, -0.05) is 11.8 Å². The summed E-state index contributed by atoms with van der Waals surface area (Å²) in [5, 5.41) is -0.0109. The first-order chi connectivity index (χ1) is 8.06. The highest BCUT2D eigenvalue weighted by Gasteiger charge is 2.33. The van der Waals surface area contributed by atoms with Crippen LogP contribution in [0.4, 0.5) is 11.8 Å². The van der Waals surface area contributed by atoms with Crippen molar-refractivity contribution in [2.75, 3.05) is 17.2 Å². The number of carbonyl (C=O) groups excluding carboxylic acids is 2. The fourth-order valence-electron chi connectivity index (χ4n) is 1.67. The predicted molar refractivity (Wildman–Crippen MR) is 65.5 cm³/mol. The van der Waals surface area contributed by atoms with Crippen LogP contribution in [0, 0.1) is 0 Å². The molecule has 0 saturated carbocycles. The lowest BCUT2D eigenvalue weighted by Crippen LogP contribution is -2.27. The van der Waals surface area contributed by atoms with Crippen LogP contribution in [0.3, 0.4) is 0 Å². The number of amides is 1. The highest BCUT2D eigenvalue weighted by Crippen LogP contribution is 2.26. The first-order valence-electron chi connectivity index (χ1n) is 5.12. The number of aromatic nitrogens is 2. The number of anilines is 2. The van der Waals surface area contributed by atoms with Crippen molar-refractivity contribution in [1.82, 2.24) is 9.97 Å². The van der Waals surface area contributed by atoms with Crippen molar-refractivity contribution in [3.05, 3.63) is 12.3 Å². The SMILES string of the molecule is CC(=O)SC1CC(=O)N(c2nccc(N)n2)C1. The van der Waals surface area contributed by atoms with Gasteiger partial charge < -0.3 is 5.73 Å². The molecule has 2 N–H and O–H groups in total. The lowest BCUT2D eigenvalue weighted by molar-refractivity contribution is -0.117. The molecule has 0 radical (unpaired) electrons. The van der Waals surface area contributed by atoms with Crippen LogP contribution in [0.15, 0.2) is 12.3 Å². The van der Waals surface area contributed by atoms with Crippen molar-refractivity contribution in [2.24, 2.45) is 0 Å². The molecule has 2 heterocycles. The van der Waals surface area contributed by atoms with Crippen LogP contribution in [0.5, 0.6) is 0 Å². The highest BCUT2D eigenvalue weighted by molar-refractivity contribution is 8.14. The first kappa shape index (κ1) is 11.8. The summed E-state index contributed by atoms with van der Waals surface area (Å²) in [5.74, 6) is 0.557. The van der Waals surface area contributed by atoms with E-state index in [0.29, 0.717) is 24.7 Å². The summed E-state index contributed by atoms with van der Waals surface area (Å²) < 4.78 is 0. The molecule has 1 saturated heterocycles. The number of nitrogen functional groups attached to an aromatic ring is 1. The van der Waals surface area contributed by atoms with E-state index < -0.39 is 0 Å².